The Morgan fingerprint density at radius 3 is 2.28 bits per heavy atom. The number of nitrogens with zero attached hydrogens (tertiary/aromatic N) is 1. The first-order valence-electron chi connectivity index (χ1n) is 9.03. The van der Waals surface area contributed by atoms with Gasteiger partial charge in [-0.25, -0.2) is 0 Å². The van der Waals surface area contributed by atoms with Crippen LogP contribution in [0.2, 0.25) is 0 Å². The van der Waals surface area contributed by atoms with E-state index >= 15 is 0 Å². The Morgan fingerprint density at radius 2 is 1.52 bits per heavy atom. The van der Waals surface area contributed by atoms with E-state index in [-0.39, 0.29) is 0 Å². The van der Waals surface area contributed by atoms with E-state index in [1.807, 2.05) is 11.3 Å². The molecule has 0 aliphatic rings. The maximum atomic E-state index is 2.51. The van der Waals surface area contributed by atoms with Crippen LogP contribution in [0.3, 0.4) is 0 Å². The number of rotatable bonds is 3. The van der Waals surface area contributed by atoms with Crippen LogP contribution in [0.25, 0.3) is 31.6 Å². The number of aromatic nitrogens is 1. The molecule has 0 fully saturated rings. The Labute approximate surface area is 153 Å². The maximum Gasteiger partial charge on any atom is 0.271 e. The molecule has 25 heavy (non-hydrogen) atoms. The van der Waals surface area contributed by atoms with Crippen LogP contribution in [-0.2, 0) is 0 Å². The summed E-state index contributed by atoms with van der Waals surface area (Å²) in [5.41, 5.74) is 4.17. The van der Waals surface area contributed by atoms with Crippen LogP contribution in [0.5, 0.6) is 0 Å². The Kier molecular flexibility index (Phi) is 4.09. The van der Waals surface area contributed by atoms with Gasteiger partial charge in [0.1, 0.15) is 4.70 Å². The highest BCUT2D eigenvalue weighted by molar-refractivity contribution is 7.21. The van der Waals surface area contributed by atoms with Gasteiger partial charge in [0.05, 0.1) is 5.56 Å². The van der Waals surface area contributed by atoms with Crippen LogP contribution in [0.1, 0.15) is 45.2 Å². The quantitative estimate of drug-likeness (QED) is 0.363. The minimum absolute atomic E-state index is 0.421. The molecule has 0 amide bonds. The van der Waals surface area contributed by atoms with E-state index in [1.165, 1.54) is 37.1 Å². The number of hydrogen-bond donors (Lipinski definition) is 0. The fourth-order valence-electron chi connectivity index (χ4n) is 3.70. The zero-order valence-electron chi connectivity index (χ0n) is 15.3. The first-order chi connectivity index (χ1) is 12.1. The van der Waals surface area contributed by atoms with Crippen molar-refractivity contribution in [1.82, 2.24) is 0 Å². The lowest BCUT2D eigenvalue weighted by Gasteiger charge is -2.14. The summed E-state index contributed by atoms with van der Waals surface area (Å²) in [4.78, 5) is 0. The molecule has 0 bridgehead atoms. The van der Waals surface area contributed by atoms with Crippen LogP contribution < -0.4 is 4.57 Å². The zero-order chi connectivity index (χ0) is 17.6. The zero-order valence-corrected chi connectivity index (χ0v) is 16.1. The van der Waals surface area contributed by atoms with Crippen molar-refractivity contribution in [2.45, 2.75) is 39.7 Å². The molecule has 0 saturated heterocycles. The topological polar surface area (TPSA) is 3.88 Å². The van der Waals surface area contributed by atoms with Crippen LogP contribution in [0.4, 0.5) is 0 Å². The van der Waals surface area contributed by atoms with Crippen molar-refractivity contribution in [2.24, 2.45) is 0 Å². The predicted octanol–water partition coefficient (Wildman–Crippen LogP) is 6.71. The molecule has 4 aromatic rings. The van der Waals surface area contributed by atoms with Gasteiger partial charge in [-0.2, -0.15) is 4.57 Å². The second kappa shape index (κ2) is 6.27. The molecule has 0 N–H and O–H groups in total. The highest BCUT2D eigenvalue weighted by atomic mass is 32.1. The van der Waals surface area contributed by atoms with E-state index in [0.717, 1.165) is 0 Å². The third-order valence-electron chi connectivity index (χ3n) is 4.86. The lowest BCUT2D eigenvalue weighted by molar-refractivity contribution is -0.677. The maximum absolute atomic E-state index is 2.51. The van der Waals surface area contributed by atoms with Crippen molar-refractivity contribution >= 4 is 32.3 Å². The van der Waals surface area contributed by atoms with Gasteiger partial charge in [0, 0.05) is 6.07 Å². The van der Waals surface area contributed by atoms with Crippen molar-refractivity contribution < 1.29 is 4.57 Å². The van der Waals surface area contributed by atoms with Gasteiger partial charge in [-0.05, 0) is 42.2 Å². The van der Waals surface area contributed by atoms with Gasteiger partial charge in [0.2, 0.25) is 5.52 Å². The van der Waals surface area contributed by atoms with E-state index in [9.17, 15) is 0 Å². The molecule has 1 aromatic heterocycles. The van der Waals surface area contributed by atoms with E-state index in [2.05, 4.69) is 92.9 Å². The minimum atomic E-state index is 0.421. The molecular weight excluding hydrogens is 322 g/mol. The van der Waals surface area contributed by atoms with Crippen molar-refractivity contribution in [3.05, 3.63) is 66.2 Å². The number of fused-ring (bicyclic) bond motifs is 2. The van der Waals surface area contributed by atoms with Crippen molar-refractivity contribution in [3.8, 4) is 10.6 Å². The molecule has 0 radical (unpaired) electrons. The normalized spacial score (nSPS) is 11.9. The molecule has 0 atom stereocenters. The van der Waals surface area contributed by atoms with Gasteiger partial charge in [0.25, 0.3) is 5.01 Å². The highest BCUT2D eigenvalue weighted by Crippen LogP contribution is 2.39. The minimum Gasteiger partial charge on any atom is -0.179 e. The standard InChI is InChI=1S/C23H24NS/c1-15(2)18-14-13-17-9-5-6-10-19(17)22(18)23-24(16(3)4)20-11-7-8-12-21(20)25-23/h5-16H,1-4H3/q+1. The second-order valence-electron chi connectivity index (χ2n) is 7.24. The first kappa shape index (κ1) is 16.3. The van der Waals surface area contributed by atoms with E-state index < -0.39 is 0 Å². The van der Waals surface area contributed by atoms with Gasteiger partial charge in [0.15, 0.2) is 6.04 Å². The average molecular weight is 347 g/mol. The van der Waals surface area contributed by atoms with Gasteiger partial charge in [-0.15, -0.1) is 0 Å². The van der Waals surface area contributed by atoms with Crippen LogP contribution in [-0.4, -0.2) is 0 Å². The van der Waals surface area contributed by atoms with Gasteiger partial charge in [-0.1, -0.05) is 73.7 Å². The molecule has 1 heterocycles. The fourth-order valence-corrected chi connectivity index (χ4v) is 5.06. The molecule has 0 saturated carbocycles. The van der Waals surface area contributed by atoms with Crippen LogP contribution in [0.15, 0.2) is 60.7 Å². The SMILES string of the molecule is CC(C)c1ccc2ccccc2c1-c1sc2ccccc2[n+]1C(C)C. The third kappa shape index (κ3) is 2.65. The third-order valence-corrected chi connectivity index (χ3v) is 6.02. The summed E-state index contributed by atoms with van der Waals surface area (Å²) in [5, 5.41) is 4.04. The lowest BCUT2D eigenvalue weighted by atomic mass is 9.92. The Bertz CT molecular complexity index is 1060. The van der Waals surface area contributed by atoms with Crippen molar-refractivity contribution in [1.29, 1.82) is 0 Å². The molecule has 0 spiro atoms. The van der Waals surface area contributed by atoms with Crippen molar-refractivity contribution in [2.75, 3.05) is 0 Å². The number of benzene rings is 3. The summed E-state index contributed by atoms with van der Waals surface area (Å²) in [5.74, 6) is 0.491. The molecule has 4 rings (SSSR count). The average Bonchev–Trinajstić information content (AvgIpc) is 2.99. The smallest absolute Gasteiger partial charge is 0.179 e. The number of thiazole rings is 1. The lowest BCUT2D eigenvalue weighted by Crippen LogP contribution is -2.37. The second-order valence-corrected chi connectivity index (χ2v) is 8.27. The number of para-hydroxylation sites is 1. The molecule has 2 heteroatoms. The molecule has 3 aromatic carbocycles. The fraction of sp³-hybridized carbons (Fsp3) is 0.261. The molecule has 0 unspecified atom stereocenters. The molecular formula is C23H24NS+. The van der Waals surface area contributed by atoms with E-state index in [4.69, 9.17) is 0 Å². The molecule has 126 valence electrons. The van der Waals surface area contributed by atoms with Crippen LogP contribution in [0, 0.1) is 0 Å². The Morgan fingerprint density at radius 1 is 0.800 bits per heavy atom. The predicted molar refractivity (Wildman–Crippen MR) is 109 cm³/mol. The summed E-state index contributed by atoms with van der Waals surface area (Å²) in [6.07, 6.45) is 0. The van der Waals surface area contributed by atoms with Gasteiger partial charge < -0.3 is 0 Å². The van der Waals surface area contributed by atoms with E-state index in [0.29, 0.717) is 12.0 Å². The van der Waals surface area contributed by atoms with Crippen LogP contribution >= 0.6 is 11.3 Å². The molecule has 0 aliphatic carbocycles. The largest absolute Gasteiger partial charge is 0.271 e. The summed E-state index contributed by atoms with van der Waals surface area (Å²) in [7, 11) is 0. The number of hydrogen-bond acceptors (Lipinski definition) is 1. The molecule has 1 nitrogen and oxygen atoms in total. The highest BCUT2D eigenvalue weighted by Gasteiger charge is 2.28. The first-order valence-corrected chi connectivity index (χ1v) is 9.84. The van der Waals surface area contributed by atoms with Crippen molar-refractivity contribution in [3.63, 3.8) is 0 Å². The van der Waals surface area contributed by atoms with Gasteiger partial charge >= 0.3 is 0 Å². The van der Waals surface area contributed by atoms with Gasteiger partial charge in [-0.3, -0.25) is 0 Å². The molecule has 0 aliphatic heterocycles. The summed E-state index contributed by atoms with van der Waals surface area (Å²) in [6.45, 7) is 9.15. The summed E-state index contributed by atoms with van der Waals surface area (Å²) < 4.78 is 3.86. The van der Waals surface area contributed by atoms with E-state index in [1.54, 1.807) is 0 Å². The monoisotopic (exact) mass is 346 g/mol. The Balaban J connectivity index is 2.16. The summed E-state index contributed by atoms with van der Waals surface area (Å²) in [6, 6.07) is 22.5. The summed E-state index contributed by atoms with van der Waals surface area (Å²) >= 11 is 1.91. The Hall–Kier alpha value is -2.19.